The van der Waals surface area contributed by atoms with E-state index in [2.05, 4.69) is 41.2 Å². The fourth-order valence-corrected chi connectivity index (χ4v) is 2.14. The Balaban J connectivity index is 1.76. The average Bonchev–Trinajstić information content (AvgIpc) is 2.82. The van der Waals surface area contributed by atoms with E-state index < -0.39 is 0 Å². The lowest BCUT2D eigenvalue weighted by Gasteiger charge is -2.18. The van der Waals surface area contributed by atoms with Crippen molar-refractivity contribution < 1.29 is 9.33 Å². The molecule has 108 valence electrons. The molecule has 1 unspecified atom stereocenters. The van der Waals surface area contributed by atoms with E-state index in [0.717, 1.165) is 25.3 Å². The summed E-state index contributed by atoms with van der Waals surface area (Å²) in [4.78, 5) is 6.17. The highest BCUT2D eigenvalue weighted by molar-refractivity contribution is 5.70. The number of aliphatic imine (C=N–C) groups is 1. The topological polar surface area (TPSA) is 37.2 Å². The predicted octanol–water partition coefficient (Wildman–Crippen LogP) is 1.95. The molecule has 0 spiro atoms. The van der Waals surface area contributed by atoms with Crippen LogP contribution in [-0.4, -0.2) is 56.5 Å². The predicted molar refractivity (Wildman–Crippen MR) is 82.0 cm³/mol. The van der Waals surface area contributed by atoms with E-state index in [9.17, 15) is 0 Å². The summed E-state index contributed by atoms with van der Waals surface area (Å²) >= 11 is 0. The van der Waals surface area contributed by atoms with Crippen molar-refractivity contribution in [1.29, 1.82) is 0 Å². The standard InChI is InChI=1S/C15H23N4O/c1-18(2)11-14-6-4-7-15(10-14)20-9-5-8-19(3)13-16-12-17-19/h4,6-7,10,12-13H,5,8-9,11H2,1-3H3/q+1. The Morgan fingerprint density at radius 1 is 1.30 bits per heavy atom. The Morgan fingerprint density at radius 3 is 2.85 bits per heavy atom. The number of hydrogen-bond acceptors (Lipinski definition) is 4. The van der Waals surface area contributed by atoms with Crippen LogP contribution in [0.4, 0.5) is 0 Å². The summed E-state index contributed by atoms with van der Waals surface area (Å²) < 4.78 is 6.33. The summed E-state index contributed by atoms with van der Waals surface area (Å²) in [5, 5.41) is 4.29. The molecule has 1 heterocycles. The van der Waals surface area contributed by atoms with Crippen molar-refractivity contribution >= 4 is 12.7 Å². The van der Waals surface area contributed by atoms with Crippen LogP contribution < -0.4 is 4.74 Å². The van der Waals surface area contributed by atoms with E-state index in [1.165, 1.54) is 5.56 Å². The zero-order valence-electron chi connectivity index (χ0n) is 12.5. The van der Waals surface area contributed by atoms with Crippen molar-refractivity contribution in [2.24, 2.45) is 10.1 Å². The summed E-state index contributed by atoms with van der Waals surface area (Å²) in [7, 11) is 6.16. The van der Waals surface area contributed by atoms with Crippen LogP contribution >= 0.6 is 0 Å². The molecule has 0 N–H and O–H groups in total. The van der Waals surface area contributed by atoms with Crippen molar-refractivity contribution in [2.45, 2.75) is 13.0 Å². The zero-order valence-corrected chi connectivity index (χ0v) is 12.5. The summed E-state index contributed by atoms with van der Waals surface area (Å²) in [6.45, 7) is 2.53. The first-order valence-corrected chi connectivity index (χ1v) is 6.87. The maximum atomic E-state index is 5.81. The van der Waals surface area contributed by atoms with Gasteiger partial charge in [-0.15, -0.1) is 0 Å². The minimum atomic E-state index is 0.518. The smallest absolute Gasteiger partial charge is 0.218 e. The number of hydrogen-bond donors (Lipinski definition) is 0. The van der Waals surface area contributed by atoms with Gasteiger partial charge in [-0.1, -0.05) is 17.2 Å². The monoisotopic (exact) mass is 275 g/mol. The molecular weight excluding hydrogens is 252 g/mol. The number of quaternary nitrogens is 1. The fourth-order valence-electron chi connectivity index (χ4n) is 2.14. The van der Waals surface area contributed by atoms with Crippen LogP contribution in [0.3, 0.4) is 0 Å². The number of benzene rings is 1. The molecule has 0 amide bonds. The maximum absolute atomic E-state index is 5.81. The second-order valence-corrected chi connectivity index (χ2v) is 5.52. The molecule has 0 radical (unpaired) electrons. The van der Waals surface area contributed by atoms with Crippen LogP contribution in [0.15, 0.2) is 34.4 Å². The number of rotatable bonds is 7. The van der Waals surface area contributed by atoms with Crippen molar-refractivity contribution in [3.63, 3.8) is 0 Å². The Hall–Kier alpha value is -1.72. The van der Waals surface area contributed by atoms with Gasteiger partial charge >= 0.3 is 0 Å². The molecule has 1 aliphatic heterocycles. The van der Waals surface area contributed by atoms with Gasteiger partial charge in [-0.25, -0.2) is 0 Å². The Labute approximate surface area is 120 Å². The van der Waals surface area contributed by atoms with Crippen molar-refractivity contribution in [3.05, 3.63) is 29.8 Å². The van der Waals surface area contributed by atoms with Crippen LogP contribution in [0.5, 0.6) is 5.75 Å². The van der Waals surface area contributed by atoms with E-state index in [-0.39, 0.29) is 0 Å². The molecule has 0 bridgehead atoms. The highest BCUT2D eigenvalue weighted by Crippen LogP contribution is 2.15. The fraction of sp³-hybridized carbons (Fsp3) is 0.467. The van der Waals surface area contributed by atoms with E-state index >= 15 is 0 Å². The molecule has 20 heavy (non-hydrogen) atoms. The van der Waals surface area contributed by atoms with Crippen LogP contribution in [0.25, 0.3) is 0 Å². The normalized spacial score (nSPS) is 20.8. The largest absolute Gasteiger partial charge is 0.493 e. The molecule has 1 atom stereocenters. The van der Waals surface area contributed by atoms with Crippen molar-refractivity contribution in [2.75, 3.05) is 34.3 Å². The molecule has 1 aromatic carbocycles. The van der Waals surface area contributed by atoms with Crippen molar-refractivity contribution in [3.8, 4) is 5.75 Å². The van der Waals surface area contributed by atoms with E-state index in [4.69, 9.17) is 4.74 Å². The second kappa shape index (κ2) is 6.63. The average molecular weight is 275 g/mol. The van der Waals surface area contributed by atoms with Crippen LogP contribution in [0.1, 0.15) is 12.0 Å². The quantitative estimate of drug-likeness (QED) is 0.563. The number of ether oxygens (including phenoxy) is 1. The van der Waals surface area contributed by atoms with Crippen LogP contribution in [0, 0.1) is 0 Å². The SMILES string of the molecule is CN(C)Cc1cccc(OCCC[N+]2(C)C=NC=N2)c1. The van der Waals surface area contributed by atoms with Gasteiger partial charge in [0.15, 0.2) is 6.34 Å². The molecule has 0 aliphatic carbocycles. The highest BCUT2D eigenvalue weighted by Gasteiger charge is 2.20. The van der Waals surface area contributed by atoms with E-state index in [1.807, 2.05) is 25.5 Å². The highest BCUT2D eigenvalue weighted by atomic mass is 16.5. The van der Waals surface area contributed by atoms with E-state index in [1.54, 1.807) is 6.34 Å². The zero-order chi connectivity index (χ0) is 14.4. The minimum Gasteiger partial charge on any atom is -0.493 e. The lowest BCUT2D eigenvalue weighted by atomic mass is 10.2. The lowest BCUT2D eigenvalue weighted by Crippen LogP contribution is -2.36. The molecule has 0 saturated carbocycles. The summed E-state index contributed by atoms with van der Waals surface area (Å²) in [5.74, 6) is 0.936. The van der Waals surface area contributed by atoms with Gasteiger partial charge < -0.3 is 9.64 Å². The Bertz CT molecular complexity index is 484. The number of nitrogens with zero attached hydrogens (tertiary/aromatic N) is 4. The maximum Gasteiger partial charge on any atom is 0.218 e. The molecule has 1 aromatic rings. The Morgan fingerprint density at radius 2 is 2.15 bits per heavy atom. The molecule has 5 nitrogen and oxygen atoms in total. The summed E-state index contributed by atoms with van der Waals surface area (Å²) in [5.41, 5.74) is 1.27. The molecule has 1 aliphatic rings. The third-order valence-electron chi connectivity index (χ3n) is 3.12. The lowest BCUT2D eigenvalue weighted by molar-refractivity contribution is -0.818. The third-order valence-corrected chi connectivity index (χ3v) is 3.12. The molecule has 5 heteroatoms. The van der Waals surface area contributed by atoms with Crippen molar-refractivity contribution in [1.82, 2.24) is 4.90 Å². The molecular formula is C15H23N4O+. The van der Waals surface area contributed by atoms with Gasteiger partial charge in [-0.2, -0.15) is 9.58 Å². The van der Waals surface area contributed by atoms with Gasteiger partial charge in [0.05, 0.1) is 13.7 Å². The van der Waals surface area contributed by atoms with Gasteiger partial charge in [0, 0.05) is 13.0 Å². The third kappa shape index (κ3) is 4.43. The van der Waals surface area contributed by atoms with Gasteiger partial charge in [0.2, 0.25) is 6.34 Å². The molecule has 0 saturated heterocycles. The summed E-state index contributed by atoms with van der Waals surface area (Å²) in [6, 6.07) is 8.27. The van der Waals surface area contributed by atoms with E-state index in [0.29, 0.717) is 11.2 Å². The summed E-state index contributed by atoms with van der Waals surface area (Å²) in [6.07, 6.45) is 4.39. The first-order chi connectivity index (χ1) is 9.57. The minimum absolute atomic E-state index is 0.518. The van der Waals surface area contributed by atoms with Gasteiger partial charge in [-0.05, 0) is 31.8 Å². The van der Waals surface area contributed by atoms with Gasteiger partial charge in [0.1, 0.15) is 12.3 Å². The van der Waals surface area contributed by atoms with Crippen LogP contribution in [0.2, 0.25) is 0 Å². The molecule has 2 rings (SSSR count). The Kier molecular flexibility index (Phi) is 4.87. The molecule has 0 aromatic heterocycles. The van der Waals surface area contributed by atoms with Gasteiger partial charge in [0.25, 0.3) is 0 Å². The first kappa shape index (κ1) is 14.7. The van der Waals surface area contributed by atoms with Crippen LogP contribution in [-0.2, 0) is 6.54 Å². The molecule has 0 fully saturated rings. The second-order valence-electron chi connectivity index (χ2n) is 5.52. The van der Waals surface area contributed by atoms with Gasteiger partial charge in [-0.3, -0.25) is 0 Å². The first-order valence-electron chi connectivity index (χ1n) is 6.87.